The molecule has 0 saturated carbocycles. The Labute approximate surface area is 139 Å². The summed E-state index contributed by atoms with van der Waals surface area (Å²) in [6.45, 7) is 0.0750. The minimum Gasteiger partial charge on any atom is -0.456 e. The van der Waals surface area contributed by atoms with Gasteiger partial charge >= 0.3 is 5.97 Å². The molecule has 2 aromatic heterocycles. The summed E-state index contributed by atoms with van der Waals surface area (Å²) in [6.07, 6.45) is 4.84. The van der Waals surface area contributed by atoms with Crippen LogP contribution in [0.4, 0.5) is 0 Å². The molecule has 3 rings (SSSR count). The van der Waals surface area contributed by atoms with Gasteiger partial charge in [-0.15, -0.1) is 0 Å². The van der Waals surface area contributed by atoms with Crippen LogP contribution >= 0.6 is 0 Å². The number of rotatable bonds is 5. The van der Waals surface area contributed by atoms with Gasteiger partial charge in [0.1, 0.15) is 12.3 Å². The first-order chi connectivity index (χ1) is 11.4. The van der Waals surface area contributed by atoms with Crippen LogP contribution in [0.5, 0.6) is 0 Å². The van der Waals surface area contributed by atoms with E-state index in [-0.39, 0.29) is 12.4 Å². The number of esters is 1. The lowest BCUT2D eigenvalue weighted by Gasteiger charge is -2.04. The van der Waals surface area contributed by atoms with Crippen molar-refractivity contribution in [3.63, 3.8) is 0 Å². The van der Waals surface area contributed by atoms with Gasteiger partial charge in [-0.2, -0.15) is 0 Å². The first-order valence-electron chi connectivity index (χ1n) is 7.27. The quantitative estimate of drug-likeness (QED) is 0.663. The molecule has 24 heavy (non-hydrogen) atoms. The van der Waals surface area contributed by atoms with Gasteiger partial charge in [0.05, 0.1) is 17.0 Å². The molecule has 0 aliphatic carbocycles. The highest BCUT2D eigenvalue weighted by Gasteiger charge is 2.10. The Kier molecular flexibility index (Phi) is 4.35. The molecular formula is C17H16N2O4S. The Balaban J connectivity index is 1.64. The van der Waals surface area contributed by atoms with Gasteiger partial charge in [0.15, 0.2) is 9.84 Å². The van der Waals surface area contributed by atoms with E-state index >= 15 is 0 Å². The molecule has 6 nitrogen and oxygen atoms in total. The van der Waals surface area contributed by atoms with Crippen molar-refractivity contribution in [3.8, 4) is 0 Å². The summed E-state index contributed by atoms with van der Waals surface area (Å²) in [5.74, 6) is -0.526. The maximum Gasteiger partial charge on any atom is 0.338 e. The Hall–Kier alpha value is -2.67. The van der Waals surface area contributed by atoms with E-state index in [4.69, 9.17) is 4.74 Å². The van der Waals surface area contributed by atoms with Crippen molar-refractivity contribution in [2.24, 2.45) is 0 Å². The summed E-state index contributed by atoms with van der Waals surface area (Å²) in [5.41, 5.74) is 2.45. The third-order valence-electron chi connectivity index (χ3n) is 3.38. The zero-order valence-corrected chi connectivity index (χ0v) is 13.9. The van der Waals surface area contributed by atoms with Crippen molar-refractivity contribution in [3.05, 3.63) is 71.7 Å². The van der Waals surface area contributed by atoms with Crippen molar-refractivity contribution in [1.82, 2.24) is 9.38 Å². The van der Waals surface area contributed by atoms with Gasteiger partial charge in [0.2, 0.25) is 0 Å². The minimum atomic E-state index is -3.10. The highest BCUT2D eigenvalue weighted by molar-refractivity contribution is 7.89. The maximum atomic E-state index is 12.1. The largest absolute Gasteiger partial charge is 0.456 e. The molecule has 0 unspecified atom stereocenters. The number of hydrogen-bond donors (Lipinski definition) is 0. The molecule has 0 radical (unpaired) electrons. The zero-order chi connectivity index (χ0) is 17.2. The van der Waals surface area contributed by atoms with Crippen LogP contribution in [0.1, 0.15) is 21.6 Å². The van der Waals surface area contributed by atoms with E-state index < -0.39 is 15.8 Å². The summed E-state index contributed by atoms with van der Waals surface area (Å²) >= 11 is 0. The molecule has 2 heterocycles. The molecule has 0 atom stereocenters. The van der Waals surface area contributed by atoms with Gasteiger partial charge in [-0.05, 0) is 29.8 Å². The predicted molar refractivity (Wildman–Crippen MR) is 89.3 cm³/mol. The van der Waals surface area contributed by atoms with Gasteiger partial charge in [-0.3, -0.25) is 0 Å². The highest BCUT2D eigenvalue weighted by Crippen LogP contribution is 2.11. The minimum absolute atomic E-state index is 0.0520. The normalized spacial score (nSPS) is 11.5. The second-order valence-electron chi connectivity index (χ2n) is 5.54. The van der Waals surface area contributed by atoms with Crippen LogP contribution in [0.25, 0.3) is 5.65 Å². The number of aromatic nitrogens is 2. The molecule has 1 aromatic carbocycles. The van der Waals surface area contributed by atoms with E-state index in [1.807, 2.05) is 28.8 Å². The second-order valence-corrected chi connectivity index (χ2v) is 7.68. The van der Waals surface area contributed by atoms with E-state index in [1.165, 1.54) is 6.26 Å². The zero-order valence-electron chi connectivity index (χ0n) is 13.0. The topological polar surface area (TPSA) is 77.7 Å². The monoisotopic (exact) mass is 344 g/mol. The molecule has 0 N–H and O–H groups in total. The molecule has 124 valence electrons. The van der Waals surface area contributed by atoms with E-state index in [9.17, 15) is 13.2 Å². The van der Waals surface area contributed by atoms with E-state index in [0.717, 1.165) is 5.65 Å². The Morgan fingerprint density at radius 2 is 1.92 bits per heavy atom. The smallest absolute Gasteiger partial charge is 0.338 e. The van der Waals surface area contributed by atoms with Gasteiger partial charge in [0.25, 0.3) is 0 Å². The molecule has 0 bridgehead atoms. The van der Waals surface area contributed by atoms with Crippen LogP contribution in [0, 0.1) is 0 Å². The van der Waals surface area contributed by atoms with Crippen molar-refractivity contribution in [2.75, 3.05) is 6.26 Å². The van der Waals surface area contributed by atoms with E-state index in [2.05, 4.69) is 4.98 Å². The van der Waals surface area contributed by atoms with Crippen LogP contribution in [0.15, 0.2) is 54.9 Å². The highest BCUT2D eigenvalue weighted by atomic mass is 32.2. The van der Waals surface area contributed by atoms with Gasteiger partial charge in [-0.25, -0.2) is 18.2 Å². The molecule has 7 heteroatoms. The van der Waals surface area contributed by atoms with Crippen LogP contribution in [-0.4, -0.2) is 30.0 Å². The van der Waals surface area contributed by atoms with E-state index in [0.29, 0.717) is 16.8 Å². The van der Waals surface area contributed by atoms with Crippen LogP contribution in [0.2, 0.25) is 0 Å². The summed E-state index contributed by atoms with van der Waals surface area (Å²) in [5, 5.41) is 0. The standard InChI is InChI=1S/C17H16N2O4S/c1-24(21,22)12-13-5-7-14(8-6-13)17(20)23-11-15-10-19-9-3-2-4-16(19)18-15/h2-10H,11-12H2,1H3. The molecule has 0 aliphatic heterocycles. The number of nitrogens with zero attached hydrogens (tertiary/aromatic N) is 2. The number of carbonyl (C=O) groups is 1. The Bertz CT molecular complexity index is 942. The Morgan fingerprint density at radius 3 is 2.58 bits per heavy atom. The first-order valence-corrected chi connectivity index (χ1v) is 9.33. The lowest BCUT2D eigenvalue weighted by atomic mass is 10.1. The molecule has 0 saturated heterocycles. The number of hydrogen-bond acceptors (Lipinski definition) is 5. The number of imidazole rings is 1. The van der Waals surface area contributed by atoms with Crippen LogP contribution in [-0.2, 0) is 26.9 Å². The van der Waals surface area contributed by atoms with Crippen molar-refractivity contribution >= 4 is 21.5 Å². The fourth-order valence-electron chi connectivity index (χ4n) is 2.32. The molecule has 0 spiro atoms. The van der Waals surface area contributed by atoms with Crippen molar-refractivity contribution in [1.29, 1.82) is 0 Å². The number of pyridine rings is 1. The van der Waals surface area contributed by atoms with Gasteiger partial charge in [0, 0.05) is 18.6 Å². The second kappa shape index (κ2) is 6.45. The maximum absolute atomic E-state index is 12.1. The van der Waals surface area contributed by atoms with Crippen molar-refractivity contribution < 1.29 is 17.9 Å². The molecule has 0 fully saturated rings. The number of sulfone groups is 1. The number of benzene rings is 1. The third-order valence-corrected chi connectivity index (χ3v) is 4.24. The summed E-state index contributed by atoms with van der Waals surface area (Å²) in [7, 11) is -3.10. The van der Waals surface area contributed by atoms with Crippen molar-refractivity contribution in [2.45, 2.75) is 12.4 Å². The molecule has 0 amide bonds. The SMILES string of the molecule is CS(=O)(=O)Cc1ccc(C(=O)OCc2cn3ccccc3n2)cc1. The van der Waals surface area contributed by atoms with Crippen LogP contribution in [0.3, 0.4) is 0 Å². The number of carbonyl (C=O) groups excluding carboxylic acids is 1. The molecule has 0 aliphatic rings. The Morgan fingerprint density at radius 1 is 1.17 bits per heavy atom. The number of ether oxygens (including phenoxy) is 1. The lowest BCUT2D eigenvalue weighted by Crippen LogP contribution is -2.06. The van der Waals surface area contributed by atoms with Crippen LogP contribution < -0.4 is 0 Å². The van der Waals surface area contributed by atoms with Gasteiger partial charge in [-0.1, -0.05) is 18.2 Å². The fraction of sp³-hybridized carbons (Fsp3) is 0.176. The van der Waals surface area contributed by atoms with Gasteiger partial charge < -0.3 is 9.14 Å². The predicted octanol–water partition coefficient (Wildman–Crippen LogP) is 2.24. The first kappa shape index (κ1) is 16.2. The third kappa shape index (κ3) is 3.99. The molecule has 3 aromatic rings. The summed E-state index contributed by atoms with van der Waals surface area (Å²) < 4.78 is 29.6. The lowest BCUT2D eigenvalue weighted by molar-refractivity contribution is 0.0468. The fourth-order valence-corrected chi connectivity index (χ4v) is 3.12. The summed E-state index contributed by atoms with van der Waals surface area (Å²) in [6, 6.07) is 12.0. The average Bonchev–Trinajstić information content (AvgIpc) is 2.94. The average molecular weight is 344 g/mol. The molecular weight excluding hydrogens is 328 g/mol. The summed E-state index contributed by atoms with van der Waals surface area (Å²) in [4.78, 5) is 16.4. The number of fused-ring (bicyclic) bond motifs is 1. The van der Waals surface area contributed by atoms with E-state index in [1.54, 1.807) is 30.5 Å².